The minimum Gasteiger partial charge on any atom is -0.508 e. The Bertz CT molecular complexity index is 608. The van der Waals surface area contributed by atoms with E-state index >= 15 is 0 Å². The molecule has 19 heavy (non-hydrogen) atoms. The number of aromatic hydroxyl groups is 2. The Kier molecular flexibility index (Phi) is 2.91. The maximum absolute atomic E-state index is 9.49. The van der Waals surface area contributed by atoms with Crippen LogP contribution in [0.5, 0.6) is 11.5 Å². The second-order valence-electron chi connectivity index (χ2n) is 4.68. The number of rotatable bonds is 2. The molecule has 0 aliphatic carbocycles. The third-order valence-electron chi connectivity index (χ3n) is 3.32. The molecule has 3 rings (SSSR count). The van der Waals surface area contributed by atoms with E-state index in [0.29, 0.717) is 0 Å². The first kappa shape index (κ1) is 11.7. The van der Waals surface area contributed by atoms with E-state index in [-0.39, 0.29) is 23.6 Å². The fourth-order valence-corrected chi connectivity index (χ4v) is 2.30. The van der Waals surface area contributed by atoms with E-state index in [1.807, 2.05) is 24.3 Å². The van der Waals surface area contributed by atoms with Gasteiger partial charge >= 0.3 is 0 Å². The van der Waals surface area contributed by atoms with Gasteiger partial charge in [-0.3, -0.25) is 0 Å². The average molecular weight is 254 g/mol. The second kappa shape index (κ2) is 4.72. The van der Waals surface area contributed by atoms with E-state index in [1.165, 1.54) is 0 Å². The molecule has 1 aliphatic heterocycles. The highest BCUT2D eigenvalue weighted by atomic mass is 16.3. The lowest BCUT2D eigenvalue weighted by Crippen LogP contribution is -1.96. The van der Waals surface area contributed by atoms with Crippen molar-refractivity contribution in [3.8, 4) is 11.5 Å². The molecule has 2 unspecified atom stereocenters. The van der Waals surface area contributed by atoms with Crippen LogP contribution in [-0.2, 0) is 0 Å². The smallest absolute Gasteiger partial charge is 0.115 e. The first-order valence-corrected chi connectivity index (χ1v) is 6.20. The summed E-state index contributed by atoms with van der Waals surface area (Å²) in [7, 11) is 0. The average Bonchev–Trinajstić information content (AvgIpc) is 2.89. The summed E-state index contributed by atoms with van der Waals surface area (Å²) in [4.78, 5) is 0. The van der Waals surface area contributed by atoms with Crippen LogP contribution in [0.4, 0.5) is 0 Å². The van der Waals surface area contributed by atoms with Crippen LogP contribution < -0.4 is 0 Å². The molecule has 96 valence electrons. The quantitative estimate of drug-likeness (QED) is 0.857. The molecule has 0 radical (unpaired) electrons. The van der Waals surface area contributed by atoms with Crippen LogP contribution in [0.2, 0.25) is 0 Å². The fourth-order valence-electron chi connectivity index (χ4n) is 2.30. The van der Waals surface area contributed by atoms with Crippen LogP contribution in [0.25, 0.3) is 0 Å². The van der Waals surface area contributed by atoms with E-state index in [0.717, 1.165) is 17.5 Å². The summed E-state index contributed by atoms with van der Waals surface area (Å²) in [5.74, 6) is 0.504. The van der Waals surface area contributed by atoms with E-state index in [9.17, 15) is 10.2 Å². The standard InChI is InChI=1S/C15H14N2O2/c18-12-6-4-10(5-7-12)14-9-15(17-16-14)11-2-1-3-13(19)8-11/h1-8,14-15,18-19H,9H2. The fraction of sp³-hybridized carbons (Fsp3) is 0.200. The molecule has 0 amide bonds. The Labute approximate surface area is 111 Å². The van der Waals surface area contributed by atoms with E-state index in [2.05, 4.69) is 10.2 Å². The molecule has 0 fully saturated rings. The molecular formula is C15H14N2O2. The van der Waals surface area contributed by atoms with Gasteiger partial charge in [0.15, 0.2) is 0 Å². The summed E-state index contributed by atoms with van der Waals surface area (Å²) < 4.78 is 0. The summed E-state index contributed by atoms with van der Waals surface area (Å²) in [5, 5.41) is 27.3. The molecule has 0 aromatic heterocycles. The number of nitrogens with zero attached hydrogens (tertiary/aromatic N) is 2. The Morgan fingerprint density at radius 2 is 1.47 bits per heavy atom. The highest BCUT2D eigenvalue weighted by Crippen LogP contribution is 2.39. The van der Waals surface area contributed by atoms with Gasteiger partial charge in [0.05, 0.1) is 12.1 Å². The van der Waals surface area contributed by atoms with Gasteiger partial charge in [-0.15, -0.1) is 0 Å². The SMILES string of the molecule is Oc1ccc(C2CC(c3cccc(O)c3)N=N2)cc1. The Balaban J connectivity index is 1.78. The van der Waals surface area contributed by atoms with Crippen LogP contribution in [0.1, 0.15) is 29.6 Å². The number of azo groups is 1. The zero-order valence-corrected chi connectivity index (χ0v) is 10.3. The van der Waals surface area contributed by atoms with Crippen LogP contribution in [0.3, 0.4) is 0 Å². The van der Waals surface area contributed by atoms with Crippen molar-refractivity contribution in [1.29, 1.82) is 0 Å². The topological polar surface area (TPSA) is 65.2 Å². The van der Waals surface area contributed by atoms with E-state index < -0.39 is 0 Å². The van der Waals surface area contributed by atoms with Crippen molar-refractivity contribution in [2.45, 2.75) is 18.5 Å². The van der Waals surface area contributed by atoms with Gasteiger partial charge in [0.1, 0.15) is 11.5 Å². The molecule has 2 aromatic carbocycles. The zero-order chi connectivity index (χ0) is 13.2. The molecule has 0 saturated carbocycles. The van der Waals surface area contributed by atoms with Gasteiger partial charge in [-0.05, 0) is 35.4 Å². The van der Waals surface area contributed by atoms with Gasteiger partial charge in [0.25, 0.3) is 0 Å². The maximum atomic E-state index is 9.49. The van der Waals surface area contributed by atoms with Gasteiger partial charge in [0, 0.05) is 6.42 Å². The van der Waals surface area contributed by atoms with Crippen LogP contribution in [0.15, 0.2) is 58.8 Å². The van der Waals surface area contributed by atoms with Crippen molar-refractivity contribution in [3.05, 3.63) is 59.7 Å². The molecule has 2 N–H and O–H groups in total. The van der Waals surface area contributed by atoms with E-state index in [1.54, 1.807) is 24.3 Å². The van der Waals surface area contributed by atoms with Crippen LogP contribution in [-0.4, -0.2) is 10.2 Å². The van der Waals surface area contributed by atoms with Gasteiger partial charge in [-0.2, -0.15) is 10.2 Å². The highest BCUT2D eigenvalue weighted by molar-refractivity contribution is 5.32. The normalized spacial score (nSPS) is 21.7. The van der Waals surface area contributed by atoms with Crippen molar-refractivity contribution in [3.63, 3.8) is 0 Å². The summed E-state index contributed by atoms with van der Waals surface area (Å²) >= 11 is 0. The summed E-state index contributed by atoms with van der Waals surface area (Å²) in [6, 6.07) is 14.2. The number of hydrogen-bond acceptors (Lipinski definition) is 4. The number of phenolic OH excluding ortho intramolecular Hbond substituents is 2. The predicted octanol–water partition coefficient (Wildman–Crippen LogP) is 3.74. The molecule has 0 saturated heterocycles. The second-order valence-corrected chi connectivity index (χ2v) is 4.68. The van der Waals surface area contributed by atoms with Gasteiger partial charge < -0.3 is 10.2 Å². The number of hydrogen-bond donors (Lipinski definition) is 2. The van der Waals surface area contributed by atoms with E-state index in [4.69, 9.17) is 0 Å². The Hall–Kier alpha value is -2.36. The van der Waals surface area contributed by atoms with Crippen LogP contribution >= 0.6 is 0 Å². The monoisotopic (exact) mass is 254 g/mol. The predicted molar refractivity (Wildman–Crippen MR) is 71.2 cm³/mol. The molecule has 2 atom stereocenters. The molecular weight excluding hydrogens is 240 g/mol. The Morgan fingerprint density at radius 3 is 2.16 bits per heavy atom. The van der Waals surface area contributed by atoms with Crippen molar-refractivity contribution < 1.29 is 10.2 Å². The molecule has 1 aliphatic rings. The maximum Gasteiger partial charge on any atom is 0.115 e. The van der Waals surface area contributed by atoms with Crippen molar-refractivity contribution in [2.75, 3.05) is 0 Å². The largest absolute Gasteiger partial charge is 0.508 e. The lowest BCUT2D eigenvalue weighted by molar-refractivity contribution is 0.473. The Morgan fingerprint density at radius 1 is 0.789 bits per heavy atom. The summed E-state index contributed by atoms with van der Waals surface area (Å²) in [5.41, 5.74) is 2.02. The lowest BCUT2D eigenvalue weighted by atomic mass is 9.97. The number of benzene rings is 2. The van der Waals surface area contributed by atoms with Crippen molar-refractivity contribution in [1.82, 2.24) is 0 Å². The van der Waals surface area contributed by atoms with Crippen LogP contribution in [0, 0.1) is 0 Å². The first-order chi connectivity index (χ1) is 9.22. The summed E-state index contributed by atoms with van der Waals surface area (Å²) in [6.07, 6.45) is 0.786. The number of phenols is 2. The van der Waals surface area contributed by atoms with Crippen molar-refractivity contribution in [2.24, 2.45) is 10.2 Å². The lowest BCUT2D eigenvalue weighted by Gasteiger charge is -2.09. The molecule has 4 nitrogen and oxygen atoms in total. The van der Waals surface area contributed by atoms with Gasteiger partial charge in [-0.25, -0.2) is 0 Å². The molecule has 2 aromatic rings. The third-order valence-corrected chi connectivity index (χ3v) is 3.32. The van der Waals surface area contributed by atoms with Crippen molar-refractivity contribution >= 4 is 0 Å². The minimum absolute atomic E-state index is 0.00842. The van der Waals surface area contributed by atoms with Gasteiger partial charge in [0.2, 0.25) is 0 Å². The van der Waals surface area contributed by atoms with Gasteiger partial charge in [-0.1, -0.05) is 24.3 Å². The highest BCUT2D eigenvalue weighted by Gasteiger charge is 2.24. The molecule has 0 bridgehead atoms. The first-order valence-electron chi connectivity index (χ1n) is 6.20. The molecule has 0 spiro atoms. The summed E-state index contributed by atoms with van der Waals surface area (Å²) in [6.45, 7) is 0. The minimum atomic E-state index is -0.00842. The third kappa shape index (κ3) is 2.42. The molecule has 4 heteroatoms. The zero-order valence-electron chi connectivity index (χ0n) is 10.3. The molecule has 1 heterocycles.